The third-order valence-corrected chi connectivity index (χ3v) is 5.98. The van der Waals surface area contributed by atoms with Gasteiger partial charge in [-0.05, 0) is 38.5 Å². The zero-order valence-corrected chi connectivity index (χ0v) is 20.6. The standard InChI is InChI=1S/C14H15NO2.C12H13ClF2N2O/c1-9-4-5-12-13(11(3)17)8-15(7-10(2)16)14(12)6-9;13-9-3-1-2-7(11(9)15)5-17-12(18)10-4-8(14)6-16-10/h4-6,8H,7H2,1-3H3;1-3,8,10,16H,4-6H2,(H,17,18)/t;8-,10+/m.1/s1. The lowest BCUT2D eigenvalue weighted by Crippen LogP contribution is -2.40. The molecule has 2 heterocycles. The SMILES string of the molecule is CC(=O)Cn1cc(C(C)=O)c2ccc(C)cc21.O=C(NCc1cccc(Cl)c1F)[C@@H]1C[C@@H](F)CN1. The molecule has 0 unspecified atom stereocenters. The summed E-state index contributed by atoms with van der Waals surface area (Å²) in [5.74, 6) is -0.753. The van der Waals surface area contributed by atoms with Gasteiger partial charge in [-0.15, -0.1) is 0 Å². The van der Waals surface area contributed by atoms with Gasteiger partial charge in [-0.2, -0.15) is 0 Å². The first-order valence-electron chi connectivity index (χ1n) is 11.2. The number of hydrogen-bond donors (Lipinski definition) is 2. The molecule has 1 saturated heterocycles. The minimum absolute atomic E-state index is 0.0181. The number of fused-ring (bicyclic) bond motifs is 1. The molecule has 2 N–H and O–H groups in total. The molecule has 2 aromatic carbocycles. The number of aryl methyl sites for hydroxylation is 1. The summed E-state index contributed by atoms with van der Waals surface area (Å²) >= 11 is 5.63. The van der Waals surface area contributed by atoms with Crippen molar-refractivity contribution in [2.45, 2.75) is 52.5 Å². The molecule has 0 spiro atoms. The Labute approximate surface area is 207 Å². The average Bonchev–Trinajstić information content (AvgIpc) is 3.38. The molecule has 1 fully saturated rings. The molecule has 1 aliphatic heterocycles. The highest BCUT2D eigenvalue weighted by molar-refractivity contribution is 6.30. The number of carbonyl (C=O) groups is 3. The zero-order chi connectivity index (χ0) is 25.7. The number of nitrogens with zero attached hydrogens (tertiary/aromatic N) is 1. The molecule has 1 amide bonds. The number of hydrogen-bond acceptors (Lipinski definition) is 4. The van der Waals surface area contributed by atoms with Gasteiger partial charge in [0.15, 0.2) is 5.78 Å². The number of aromatic nitrogens is 1. The van der Waals surface area contributed by atoms with Crippen molar-refractivity contribution in [2.75, 3.05) is 6.54 Å². The second kappa shape index (κ2) is 11.6. The van der Waals surface area contributed by atoms with E-state index < -0.39 is 18.0 Å². The minimum Gasteiger partial charge on any atom is -0.351 e. The molecule has 4 rings (SSSR count). The highest BCUT2D eigenvalue weighted by Crippen LogP contribution is 2.23. The van der Waals surface area contributed by atoms with Gasteiger partial charge in [-0.1, -0.05) is 35.9 Å². The first-order valence-corrected chi connectivity index (χ1v) is 11.6. The van der Waals surface area contributed by atoms with Crippen molar-refractivity contribution in [1.82, 2.24) is 15.2 Å². The quantitative estimate of drug-likeness (QED) is 0.484. The predicted octanol–water partition coefficient (Wildman–Crippen LogP) is 4.54. The smallest absolute Gasteiger partial charge is 0.237 e. The first-order chi connectivity index (χ1) is 16.6. The van der Waals surface area contributed by atoms with Crippen molar-refractivity contribution < 1.29 is 23.2 Å². The van der Waals surface area contributed by atoms with E-state index in [0.29, 0.717) is 17.7 Å². The maximum absolute atomic E-state index is 13.5. The molecule has 2 atom stereocenters. The molecule has 6 nitrogen and oxygen atoms in total. The molecule has 9 heteroatoms. The summed E-state index contributed by atoms with van der Waals surface area (Å²) in [6, 6.07) is 9.98. The Morgan fingerprint density at radius 3 is 2.57 bits per heavy atom. The van der Waals surface area contributed by atoms with Crippen molar-refractivity contribution in [2.24, 2.45) is 0 Å². The van der Waals surface area contributed by atoms with Gasteiger partial charge < -0.3 is 15.2 Å². The molecule has 1 aliphatic rings. The Hall–Kier alpha value is -3.10. The monoisotopic (exact) mass is 503 g/mol. The summed E-state index contributed by atoms with van der Waals surface area (Å²) in [7, 11) is 0. The second-order valence-electron chi connectivity index (χ2n) is 8.67. The third-order valence-electron chi connectivity index (χ3n) is 5.69. The molecule has 0 saturated carbocycles. The Morgan fingerprint density at radius 1 is 1.20 bits per heavy atom. The highest BCUT2D eigenvalue weighted by atomic mass is 35.5. The Bertz CT molecular complexity index is 1260. The Kier molecular flexibility index (Phi) is 8.75. The maximum atomic E-state index is 13.5. The van der Waals surface area contributed by atoms with Crippen LogP contribution in [0.2, 0.25) is 5.02 Å². The molecule has 35 heavy (non-hydrogen) atoms. The number of nitrogens with one attached hydrogen (secondary N) is 2. The van der Waals surface area contributed by atoms with Crippen LogP contribution in [0.3, 0.4) is 0 Å². The maximum Gasteiger partial charge on any atom is 0.237 e. The fourth-order valence-corrected chi connectivity index (χ4v) is 4.13. The number of benzene rings is 2. The van der Waals surface area contributed by atoms with Crippen LogP contribution in [0.1, 0.15) is 41.8 Å². The lowest BCUT2D eigenvalue weighted by molar-refractivity contribution is -0.123. The summed E-state index contributed by atoms with van der Waals surface area (Å²) in [5, 5.41) is 6.26. The van der Waals surface area contributed by atoms with E-state index in [1.807, 2.05) is 29.7 Å². The zero-order valence-electron chi connectivity index (χ0n) is 19.8. The number of Topliss-reactive ketones (excluding diaryl/α,β-unsaturated/α-hetero) is 2. The van der Waals surface area contributed by atoms with Crippen LogP contribution in [0.25, 0.3) is 10.9 Å². The van der Waals surface area contributed by atoms with Crippen LogP contribution in [0.15, 0.2) is 42.6 Å². The van der Waals surface area contributed by atoms with Crippen LogP contribution in [-0.4, -0.2) is 40.8 Å². The van der Waals surface area contributed by atoms with Crippen LogP contribution in [0, 0.1) is 12.7 Å². The molecule has 0 radical (unpaired) electrons. The molecule has 0 aliphatic carbocycles. The van der Waals surface area contributed by atoms with Gasteiger partial charge in [-0.25, -0.2) is 8.78 Å². The molecule has 0 bridgehead atoms. The summed E-state index contributed by atoms with van der Waals surface area (Å²) in [4.78, 5) is 34.4. The Balaban J connectivity index is 0.000000196. The van der Waals surface area contributed by atoms with E-state index in [1.165, 1.54) is 6.07 Å². The number of ketones is 2. The number of carbonyl (C=O) groups excluding carboxylic acids is 3. The van der Waals surface area contributed by atoms with Gasteiger partial charge in [0, 0.05) is 47.7 Å². The van der Waals surface area contributed by atoms with Crippen LogP contribution in [0.4, 0.5) is 8.78 Å². The van der Waals surface area contributed by atoms with E-state index >= 15 is 0 Å². The second-order valence-corrected chi connectivity index (χ2v) is 9.08. The molecule has 3 aromatic rings. The van der Waals surface area contributed by atoms with Crippen LogP contribution < -0.4 is 10.6 Å². The van der Waals surface area contributed by atoms with Crippen molar-refractivity contribution >= 4 is 40.0 Å². The molecular weight excluding hydrogens is 476 g/mol. The van der Waals surface area contributed by atoms with E-state index in [1.54, 1.807) is 32.2 Å². The largest absolute Gasteiger partial charge is 0.351 e. The van der Waals surface area contributed by atoms with Gasteiger partial charge >= 0.3 is 0 Å². The Morgan fingerprint density at radius 2 is 1.94 bits per heavy atom. The highest BCUT2D eigenvalue weighted by Gasteiger charge is 2.29. The van der Waals surface area contributed by atoms with E-state index in [4.69, 9.17) is 11.6 Å². The van der Waals surface area contributed by atoms with E-state index in [0.717, 1.165) is 16.5 Å². The van der Waals surface area contributed by atoms with E-state index in [-0.39, 0.29) is 42.0 Å². The van der Waals surface area contributed by atoms with Gasteiger partial charge in [0.1, 0.15) is 17.8 Å². The normalized spacial score (nSPS) is 17.1. The van der Waals surface area contributed by atoms with Crippen molar-refractivity contribution in [3.63, 3.8) is 0 Å². The van der Waals surface area contributed by atoms with Gasteiger partial charge in [0.25, 0.3) is 0 Å². The third kappa shape index (κ3) is 6.74. The van der Waals surface area contributed by atoms with Gasteiger partial charge in [0.05, 0.1) is 17.6 Å². The molecular formula is C26H28ClF2N3O3. The molecule has 1 aromatic heterocycles. The summed E-state index contributed by atoms with van der Waals surface area (Å²) < 4.78 is 28.3. The number of halogens is 3. The predicted molar refractivity (Wildman–Crippen MR) is 132 cm³/mol. The lowest BCUT2D eigenvalue weighted by Gasteiger charge is -2.11. The van der Waals surface area contributed by atoms with Crippen molar-refractivity contribution in [1.29, 1.82) is 0 Å². The van der Waals surface area contributed by atoms with Gasteiger partial charge in [-0.3, -0.25) is 14.4 Å². The van der Waals surface area contributed by atoms with Crippen LogP contribution in [0.5, 0.6) is 0 Å². The van der Waals surface area contributed by atoms with E-state index in [2.05, 4.69) is 10.6 Å². The van der Waals surface area contributed by atoms with Crippen molar-refractivity contribution in [3.05, 3.63) is 70.1 Å². The lowest BCUT2D eigenvalue weighted by atomic mass is 10.1. The average molecular weight is 504 g/mol. The fraction of sp³-hybridized carbons (Fsp3) is 0.346. The fourth-order valence-electron chi connectivity index (χ4n) is 3.94. The first kappa shape index (κ1) is 26.5. The van der Waals surface area contributed by atoms with E-state index in [9.17, 15) is 23.2 Å². The van der Waals surface area contributed by atoms with Crippen LogP contribution >= 0.6 is 11.6 Å². The van der Waals surface area contributed by atoms with Crippen LogP contribution in [-0.2, 0) is 22.7 Å². The van der Waals surface area contributed by atoms with Gasteiger partial charge in [0.2, 0.25) is 5.91 Å². The number of amides is 1. The summed E-state index contributed by atoms with van der Waals surface area (Å²) in [5.41, 5.74) is 3.06. The summed E-state index contributed by atoms with van der Waals surface area (Å²) in [6.07, 6.45) is 0.932. The minimum atomic E-state index is -0.997. The topological polar surface area (TPSA) is 80.2 Å². The number of rotatable bonds is 6. The summed E-state index contributed by atoms with van der Waals surface area (Å²) in [6.45, 7) is 5.64. The molecule has 186 valence electrons. The van der Waals surface area contributed by atoms with Crippen molar-refractivity contribution in [3.8, 4) is 0 Å². The number of alkyl halides is 1.